The summed E-state index contributed by atoms with van der Waals surface area (Å²) >= 11 is 1.39. The van der Waals surface area contributed by atoms with Crippen molar-refractivity contribution in [1.82, 2.24) is 15.5 Å². The van der Waals surface area contributed by atoms with Gasteiger partial charge in [0, 0.05) is 25.2 Å². The van der Waals surface area contributed by atoms with Gasteiger partial charge in [0.05, 0.1) is 24.7 Å². The zero-order chi connectivity index (χ0) is 15.1. The maximum absolute atomic E-state index is 11.9. The van der Waals surface area contributed by atoms with E-state index in [1.54, 1.807) is 0 Å². The Hall–Kier alpha value is -0.500. The molecular weight excluding hydrogens is 326 g/mol. The minimum atomic E-state index is 0. The first-order valence-corrected chi connectivity index (χ1v) is 8.78. The van der Waals surface area contributed by atoms with Crippen LogP contribution in [-0.2, 0) is 14.3 Å². The SMILES string of the molecule is CC1NCCCC1NC(=O)CSCC(=O)N1CCOCC1.Cl. The molecule has 6 nitrogen and oxygen atoms in total. The minimum Gasteiger partial charge on any atom is -0.378 e. The molecule has 2 saturated heterocycles. The number of carbonyl (C=O) groups excluding carboxylic acids is 2. The zero-order valence-corrected chi connectivity index (χ0v) is 14.6. The predicted octanol–water partition coefficient (Wildman–Crippen LogP) is 0.257. The van der Waals surface area contributed by atoms with Gasteiger partial charge in [-0.3, -0.25) is 9.59 Å². The van der Waals surface area contributed by atoms with Crippen LogP contribution < -0.4 is 10.6 Å². The molecule has 2 aliphatic heterocycles. The van der Waals surface area contributed by atoms with Gasteiger partial charge >= 0.3 is 0 Å². The van der Waals surface area contributed by atoms with Crippen LogP contribution in [0.15, 0.2) is 0 Å². The standard InChI is InChI=1S/C14H25N3O3S.ClH/c1-11-12(3-2-4-15-11)16-13(18)9-21-10-14(19)17-5-7-20-8-6-17;/h11-12,15H,2-10H2,1H3,(H,16,18);1H. The van der Waals surface area contributed by atoms with E-state index in [9.17, 15) is 9.59 Å². The highest BCUT2D eigenvalue weighted by Crippen LogP contribution is 2.09. The van der Waals surface area contributed by atoms with Gasteiger partial charge in [-0.05, 0) is 26.3 Å². The highest BCUT2D eigenvalue weighted by Gasteiger charge is 2.22. The van der Waals surface area contributed by atoms with Crippen LogP contribution >= 0.6 is 24.2 Å². The van der Waals surface area contributed by atoms with E-state index in [2.05, 4.69) is 17.6 Å². The van der Waals surface area contributed by atoms with E-state index >= 15 is 0 Å². The molecule has 2 unspecified atom stereocenters. The lowest BCUT2D eigenvalue weighted by molar-refractivity contribution is -0.132. The van der Waals surface area contributed by atoms with Crippen LogP contribution in [0.2, 0.25) is 0 Å². The van der Waals surface area contributed by atoms with E-state index in [4.69, 9.17) is 4.74 Å². The van der Waals surface area contributed by atoms with Crippen LogP contribution in [0.3, 0.4) is 0 Å². The summed E-state index contributed by atoms with van der Waals surface area (Å²) in [5, 5.41) is 6.42. The molecule has 2 aliphatic rings. The molecule has 0 radical (unpaired) electrons. The number of hydrogen-bond acceptors (Lipinski definition) is 5. The fraction of sp³-hybridized carbons (Fsp3) is 0.857. The molecule has 2 heterocycles. The van der Waals surface area contributed by atoms with Gasteiger partial charge in [0.25, 0.3) is 0 Å². The van der Waals surface area contributed by atoms with Crippen molar-refractivity contribution >= 4 is 36.0 Å². The predicted molar refractivity (Wildman–Crippen MR) is 90.6 cm³/mol. The first kappa shape index (κ1) is 19.5. The third kappa shape index (κ3) is 6.32. The number of thioether (sulfide) groups is 1. The summed E-state index contributed by atoms with van der Waals surface area (Å²) in [4.78, 5) is 25.6. The smallest absolute Gasteiger partial charge is 0.232 e. The highest BCUT2D eigenvalue weighted by molar-refractivity contribution is 8.00. The Balaban J connectivity index is 0.00000242. The van der Waals surface area contributed by atoms with E-state index in [0.29, 0.717) is 43.9 Å². The number of rotatable bonds is 5. The monoisotopic (exact) mass is 351 g/mol. The lowest BCUT2D eigenvalue weighted by Gasteiger charge is -2.30. The second kappa shape index (κ2) is 10.3. The number of halogens is 1. The fourth-order valence-electron chi connectivity index (χ4n) is 2.62. The summed E-state index contributed by atoms with van der Waals surface area (Å²) in [5.41, 5.74) is 0. The van der Waals surface area contributed by atoms with Gasteiger partial charge in [0.1, 0.15) is 0 Å². The van der Waals surface area contributed by atoms with Crippen molar-refractivity contribution in [3.05, 3.63) is 0 Å². The maximum atomic E-state index is 11.9. The van der Waals surface area contributed by atoms with Crippen molar-refractivity contribution in [1.29, 1.82) is 0 Å². The van der Waals surface area contributed by atoms with Gasteiger partial charge in [0.2, 0.25) is 11.8 Å². The van der Waals surface area contributed by atoms with Gasteiger partial charge in [-0.2, -0.15) is 0 Å². The second-order valence-corrected chi connectivity index (χ2v) is 6.53. The molecule has 2 amide bonds. The lowest BCUT2D eigenvalue weighted by Crippen LogP contribution is -2.52. The van der Waals surface area contributed by atoms with Crippen LogP contribution in [0.25, 0.3) is 0 Å². The Labute approximate surface area is 142 Å². The summed E-state index contributed by atoms with van der Waals surface area (Å²) < 4.78 is 5.22. The molecule has 0 aliphatic carbocycles. The number of carbonyl (C=O) groups is 2. The fourth-order valence-corrected chi connectivity index (χ4v) is 3.35. The van der Waals surface area contributed by atoms with Gasteiger partial charge in [0.15, 0.2) is 0 Å². The van der Waals surface area contributed by atoms with Gasteiger partial charge in [-0.25, -0.2) is 0 Å². The average molecular weight is 352 g/mol. The van der Waals surface area contributed by atoms with Crippen molar-refractivity contribution in [2.45, 2.75) is 31.8 Å². The molecule has 128 valence electrons. The van der Waals surface area contributed by atoms with Crippen molar-refractivity contribution < 1.29 is 14.3 Å². The largest absolute Gasteiger partial charge is 0.378 e. The third-order valence-corrected chi connectivity index (χ3v) is 4.85. The molecule has 0 saturated carbocycles. The summed E-state index contributed by atoms with van der Waals surface area (Å²) in [7, 11) is 0. The quantitative estimate of drug-likeness (QED) is 0.743. The normalized spacial score (nSPS) is 25.2. The average Bonchev–Trinajstić information content (AvgIpc) is 2.50. The molecule has 0 aromatic carbocycles. The lowest BCUT2D eigenvalue weighted by atomic mass is 10.00. The van der Waals surface area contributed by atoms with E-state index < -0.39 is 0 Å². The molecule has 22 heavy (non-hydrogen) atoms. The van der Waals surface area contributed by atoms with E-state index in [0.717, 1.165) is 19.4 Å². The molecule has 2 fully saturated rings. The summed E-state index contributed by atoms with van der Waals surface area (Å²) in [6.07, 6.45) is 2.12. The van der Waals surface area contributed by atoms with Crippen molar-refractivity contribution in [3.8, 4) is 0 Å². The number of morpholine rings is 1. The second-order valence-electron chi connectivity index (χ2n) is 5.54. The Bertz CT molecular complexity index is 367. The number of ether oxygens (including phenoxy) is 1. The van der Waals surface area contributed by atoms with Gasteiger partial charge < -0.3 is 20.3 Å². The maximum Gasteiger partial charge on any atom is 0.232 e. The number of nitrogens with one attached hydrogen (secondary N) is 2. The molecule has 0 aromatic rings. The van der Waals surface area contributed by atoms with E-state index in [-0.39, 0.29) is 30.3 Å². The van der Waals surface area contributed by atoms with Crippen molar-refractivity contribution in [2.24, 2.45) is 0 Å². The van der Waals surface area contributed by atoms with Gasteiger partial charge in [-0.1, -0.05) is 0 Å². The Kier molecular flexibility index (Phi) is 9.16. The number of hydrogen-bond donors (Lipinski definition) is 2. The number of nitrogens with zero attached hydrogens (tertiary/aromatic N) is 1. The van der Waals surface area contributed by atoms with Crippen LogP contribution in [-0.4, -0.2) is 73.2 Å². The molecule has 2 N–H and O–H groups in total. The van der Waals surface area contributed by atoms with Crippen LogP contribution in [0.1, 0.15) is 19.8 Å². The van der Waals surface area contributed by atoms with Crippen molar-refractivity contribution in [2.75, 3.05) is 44.4 Å². The highest BCUT2D eigenvalue weighted by atomic mass is 35.5. The minimum absolute atomic E-state index is 0. The molecule has 0 aromatic heterocycles. The Morgan fingerprint density at radius 1 is 1.32 bits per heavy atom. The third-order valence-electron chi connectivity index (χ3n) is 3.93. The van der Waals surface area contributed by atoms with Crippen LogP contribution in [0, 0.1) is 0 Å². The first-order valence-electron chi connectivity index (χ1n) is 7.63. The van der Waals surface area contributed by atoms with E-state index in [1.165, 1.54) is 11.8 Å². The molecule has 2 rings (SSSR count). The van der Waals surface area contributed by atoms with Gasteiger partial charge in [-0.15, -0.1) is 24.2 Å². The summed E-state index contributed by atoms with van der Waals surface area (Å²) in [5.74, 6) is 0.838. The van der Waals surface area contributed by atoms with Crippen LogP contribution in [0.4, 0.5) is 0 Å². The molecule has 0 spiro atoms. The molecule has 0 bridgehead atoms. The Morgan fingerprint density at radius 2 is 2.05 bits per heavy atom. The first-order chi connectivity index (χ1) is 10.2. The topological polar surface area (TPSA) is 70.7 Å². The summed E-state index contributed by atoms with van der Waals surface area (Å²) in [6.45, 7) is 5.68. The van der Waals surface area contributed by atoms with E-state index in [1.807, 2.05) is 4.90 Å². The number of piperidine rings is 1. The Morgan fingerprint density at radius 3 is 2.73 bits per heavy atom. The molecule has 8 heteroatoms. The zero-order valence-electron chi connectivity index (χ0n) is 13.0. The van der Waals surface area contributed by atoms with Crippen LogP contribution in [0.5, 0.6) is 0 Å². The summed E-state index contributed by atoms with van der Waals surface area (Å²) in [6, 6.07) is 0.532. The number of amides is 2. The molecule has 2 atom stereocenters. The molecular formula is C14H26ClN3O3S. The van der Waals surface area contributed by atoms with Crippen molar-refractivity contribution in [3.63, 3.8) is 0 Å².